The molecule has 1 heterocycles. The molecule has 114 valence electrons. The van der Waals surface area contributed by atoms with Gasteiger partial charge in [-0.25, -0.2) is 4.79 Å². The number of rotatable bonds is 6. The van der Waals surface area contributed by atoms with Crippen LogP contribution >= 0.6 is 0 Å². The second kappa shape index (κ2) is 7.03. The zero-order valence-corrected chi connectivity index (χ0v) is 11.6. The first-order valence-electron chi connectivity index (χ1n) is 6.95. The van der Waals surface area contributed by atoms with Crippen molar-refractivity contribution in [3.8, 4) is 0 Å². The van der Waals surface area contributed by atoms with Gasteiger partial charge < -0.3 is 15.2 Å². The number of anilines is 1. The van der Waals surface area contributed by atoms with Gasteiger partial charge in [-0.05, 0) is 37.8 Å². The average Bonchev–Trinajstić information content (AvgIpc) is 2.48. The van der Waals surface area contributed by atoms with E-state index in [1.807, 2.05) is 0 Å². The minimum Gasteiger partial charge on any atom is -0.478 e. The molecule has 0 saturated carbocycles. The van der Waals surface area contributed by atoms with E-state index in [9.17, 15) is 14.9 Å². The van der Waals surface area contributed by atoms with E-state index in [0.29, 0.717) is 12.2 Å². The summed E-state index contributed by atoms with van der Waals surface area (Å²) in [7, 11) is 0. The molecule has 1 aliphatic rings. The normalized spacial score (nSPS) is 18.2. The number of carboxylic acid groups (broad SMARTS) is 1. The number of hydrogen-bond acceptors (Lipinski definition) is 5. The molecule has 1 fully saturated rings. The van der Waals surface area contributed by atoms with E-state index in [2.05, 4.69) is 5.32 Å². The van der Waals surface area contributed by atoms with Gasteiger partial charge in [0, 0.05) is 19.2 Å². The number of benzene rings is 1. The van der Waals surface area contributed by atoms with Crippen molar-refractivity contribution >= 4 is 17.3 Å². The van der Waals surface area contributed by atoms with E-state index in [1.165, 1.54) is 12.1 Å². The third-order valence-corrected chi connectivity index (χ3v) is 3.50. The molecule has 7 nitrogen and oxygen atoms in total. The lowest BCUT2D eigenvalue weighted by atomic mass is 10.1. The van der Waals surface area contributed by atoms with Gasteiger partial charge in [-0.15, -0.1) is 0 Å². The Morgan fingerprint density at radius 1 is 1.48 bits per heavy atom. The monoisotopic (exact) mass is 294 g/mol. The maximum atomic E-state index is 11.0. The van der Waals surface area contributed by atoms with Crippen LogP contribution in [-0.4, -0.2) is 35.3 Å². The Morgan fingerprint density at radius 3 is 2.90 bits per heavy atom. The van der Waals surface area contributed by atoms with E-state index in [4.69, 9.17) is 9.84 Å². The van der Waals surface area contributed by atoms with Crippen molar-refractivity contribution in [2.75, 3.05) is 18.5 Å². The average molecular weight is 294 g/mol. The van der Waals surface area contributed by atoms with E-state index < -0.39 is 10.9 Å². The Morgan fingerprint density at radius 2 is 2.29 bits per heavy atom. The third-order valence-electron chi connectivity index (χ3n) is 3.50. The number of nitrogens with zero attached hydrogens (tertiary/aromatic N) is 1. The van der Waals surface area contributed by atoms with Crippen LogP contribution in [0, 0.1) is 10.1 Å². The summed E-state index contributed by atoms with van der Waals surface area (Å²) in [4.78, 5) is 21.3. The molecule has 0 spiro atoms. The number of hydrogen-bond donors (Lipinski definition) is 2. The van der Waals surface area contributed by atoms with Gasteiger partial charge in [0.2, 0.25) is 0 Å². The third kappa shape index (κ3) is 4.16. The molecular weight excluding hydrogens is 276 g/mol. The molecule has 1 aliphatic heterocycles. The zero-order valence-electron chi connectivity index (χ0n) is 11.6. The van der Waals surface area contributed by atoms with Crippen LogP contribution in [0.2, 0.25) is 0 Å². The van der Waals surface area contributed by atoms with Gasteiger partial charge in [-0.2, -0.15) is 0 Å². The van der Waals surface area contributed by atoms with Crippen LogP contribution in [0.4, 0.5) is 11.4 Å². The molecule has 1 atom stereocenters. The van der Waals surface area contributed by atoms with Crippen molar-refractivity contribution in [1.29, 1.82) is 0 Å². The summed E-state index contributed by atoms with van der Waals surface area (Å²) >= 11 is 0. The van der Waals surface area contributed by atoms with Gasteiger partial charge in [-0.3, -0.25) is 10.1 Å². The molecule has 2 rings (SSSR count). The van der Waals surface area contributed by atoms with Gasteiger partial charge in [-0.1, -0.05) is 0 Å². The number of carboxylic acids is 1. The highest BCUT2D eigenvalue weighted by molar-refractivity contribution is 5.89. The van der Waals surface area contributed by atoms with Crippen LogP contribution < -0.4 is 5.32 Å². The molecule has 0 amide bonds. The molecular formula is C14H18N2O5. The van der Waals surface area contributed by atoms with Crippen LogP contribution in [0.15, 0.2) is 18.2 Å². The van der Waals surface area contributed by atoms with Gasteiger partial charge in [0.15, 0.2) is 0 Å². The Kier molecular flexibility index (Phi) is 5.10. The lowest BCUT2D eigenvalue weighted by Gasteiger charge is -2.22. The molecule has 7 heteroatoms. The lowest BCUT2D eigenvalue weighted by Crippen LogP contribution is -2.22. The Hall–Kier alpha value is -2.15. The van der Waals surface area contributed by atoms with Gasteiger partial charge >= 0.3 is 5.97 Å². The van der Waals surface area contributed by atoms with Crippen molar-refractivity contribution in [3.63, 3.8) is 0 Å². The van der Waals surface area contributed by atoms with Gasteiger partial charge in [0.05, 0.1) is 16.6 Å². The van der Waals surface area contributed by atoms with Gasteiger partial charge in [0.25, 0.3) is 5.69 Å². The summed E-state index contributed by atoms with van der Waals surface area (Å²) < 4.78 is 5.59. The zero-order chi connectivity index (χ0) is 15.2. The Labute approximate surface area is 122 Å². The largest absolute Gasteiger partial charge is 0.478 e. The topological polar surface area (TPSA) is 102 Å². The maximum absolute atomic E-state index is 11.0. The molecule has 1 unspecified atom stereocenters. The lowest BCUT2D eigenvalue weighted by molar-refractivity contribution is -0.384. The number of nitro benzene ring substituents is 1. The fraction of sp³-hybridized carbons (Fsp3) is 0.500. The molecule has 0 radical (unpaired) electrons. The summed E-state index contributed by atoms with van der Waals surface area (Å²) in [6, 6.07) is 3.86. The molecule has 0 aliphatic carbocycles. The van der Waals surface area contributed by atoms with Crippen molar-refractivity contribution in [2.45, 2.75) is 31.8 Å². The van der Waals surface area contributed by atoms with Crippen LogP contribution in [0.3, 0.4) is 0 Å². The van der Waals surface area contributed by atoms with E-state index >= 15 is 0 Å². The minimum absolute atomic E-state index is 0.0946. The van der Waals surface area contributed by atoms with Crippen molar-refractivity contribution in [2.24, 2.45) is 0 Å². The molecule has 0 bridgehead atoms. The van der Waals surface area contributed by atoms with E-state index in [1.54, 1.807) is 0 Å². The van der Waals surface area contributed by atoms with Crippen LogP contribution in [0.5, 0.6) is 0 Å². The minimum atomic E-state index is -1.18. The molecule has 1 aromatic rings. The second-order valence-electron chi connectivity index (χ2n) is 5.00. The number of ether oxygens (including phenoxy) is 1. The molecule has 0 aromatic heterocycles. The highest BCUT2D eigenvalue weighted by atomic mass is 16.6. The smallest absolute Gasteiger partial charge is 0.335 e. The van der Waals surface area contributed by atoms with Crippen molar-refractivity contribution < 1.29 is 19.6 Å². The standard InChI is InChI=1S/C14H18N2O5/c17-14(18)10-4-5-12(13(9-10)16(19)20)15-7-6-11-3-1-2-8-21-11/h4-5,9,11,15H,1-3,6-8H2,(H,17,18). The van der Waals surface area contributed by atoms with Gasteiger partial charge in [0.1, 0.15) is 5.69 Å². The SMILES string of the molecule is O=C(O)c1ccc(NCCC2CCCCO2)c([N+](=O)[O-])c1. The summed E-state index contributed by atoms with van der Waals surface area (Å²) in [6.45, 7) is 1.33. The summed E-state index contributed by atoms with van der Waals surface area (Å²) in [5.41, 5.74) is 0.0168. The number of nitrogens with one attached hydrogen (secondary N) is 1. The van der Waals surface area contributed by atoms with Crippen LogP contribution in [0.25, 0.3) is 0 Å². The van der Waals surface area contributed by atoms with E-state index in [-0.39, 0.29) is 17.4 Å². The fourth-order valence-corrected chi connectivity index (χ4v) is 2.37. The summed E-state index contributed by atoms with van der Waals surface area (Å²) in [6.07, 6.45) is 4.23. The summed E-state index contributed by atoms with van der Waals surface area (Å²) in [5.74, 6) is -1.18. The van der Waals surface area contributed by atoms with Crippen molar-refractivity contribution in [3.05, 3.63) is 33.9 Å². The Balaban J connectivity index is 1.98. The molecule has 2 N–H and O–H groups in total. The number of carbonyl (C=O) groups is 1. The predicted molar refractivity (Wildman–Crippen MR) is 76.8 cm³/mol. The first-order valence-corrected chi connectivity index (χ1v) is 6.95. The number of aromatic carboxylic acids is 1. The fourth-order valence-electron chi connectivity index (χ4n) is 2.37. The molecule has 1 saturated heterocycles. The highest BCUT2D eigenvalue weighted by Gasteiger charge is 2.18. The Bertz CT molecular complexity index is 526. The first-order chi connectivity index (χ1) is 10.1. The first kappa shape index (κ1) is 15.2. The van der Waals surface area contributed by atoms with Crippen LogP contribution in [0.1, 0.15) is 36.0 Å². The molecule has 21 heavy (non-hydrogen) atoms. The van der Waals surface area contributed by atoms with Crippen molar-refractivity contribution in [1.82, 2.24) is 0 Å². The maximum Gasteiger partial charge on any atom is 0.335 e. The summed E-state index contributed by atoms with van der Waals surface area (Å²) in [5, 5.41) is 22.9. The predicted octanol–water partition coefficient (Wildman–Crippen LogP) is 2.66. The van der Waals surface area contributed by atoms with E-state index in [0.717, 1.165) is 38.4 Å². The quantitative estimate of drug-likeness (QED) is 0.617. The van der Waals surface area contributed by atoms with Crippen LogP contribution in [-0.2, 0) is 4.74 Å². The molecule has 1 aromatic carbocycles. The highest BCUT2D eigenvalue weighted by Crippen LogP contribution is 2.26. The number of nitro groups is 1. The second-order valence-corrected chi connectivity index (χ2v) is 5.00.